The Balaban J connectivity index is 0.00000180. The number of hydrogen-bond acceptors (Lipinski definition) is 3. The first-order chi connectivity index (χ1) is 8.41. The van der Waals surface area contributed by atoms with Gasteiger partial charge in [0.2, 0.25) is 10.0 Å². The summed E-state index contributed by atoms with van der Waals surface area (Å²) in [6.07, 6.45) is 1.65. The minimum absolute atomic E-state index is 0. The van der Waals surface area contributed by atoms with Crippen molar-refractivity contribution in [3.63, 3.8) is 0 Å². The van der Waals surface area contributed by atoms with Crippen LogP contribution in [-0.2, 0) is 10.0 Å². The molecule has 1 aromatic rings. The Morgan fingerprint density at radius 2 is 2.11 bits per heavy atom. The molecule has 1 aliphatic heterocycles. The van der Waals surface area contributed by atoms with Crippen LogP contribution in [0.15, 0.2) is 27.6 Å². The molecule has 8 heteroatoms. The normalized spacial score (nSPS) is 20.9. The van der Waals surface area contributed by atoms with E-state index >= 15 is 0 Å². The third-order valence-electron chi connectivity index (χ3n) is 2.93. The van der Waals surface area contributed by atoms with Crippen LogP contribution in [0.1, 0.15) is 12.8 Å². The van der Waals surface area contributed by atoms with Crippen molar-refractivity contribution in [1.82, 2.24) is 4.31 Å². The van der Waals surface area contributed by atoms with E-state index in [1.54, 1.807) is 12.1 Å². The third-order valence-corrected chi connectivity index (χ3v) is 5.77. The number of rotatable bonds is 2. The van der Waals surface area contributed by atoms with E-state index in [1.165, 1.54) is 10.4 Å². The molecule has 1 heterocycles. The van der Waals surface area contributed by atoms with E-state index in [0.717, 1.165) is 17.3 Å². The Morgan fingerprint density at radius 3 is 2.68 bits per heavy atom. The maximum absolute atomic E-state index is 12.4. The second-order valence-corrected chi connectivity index (χ2v) is 7.57. The first-order valence-corrected chi connectivity index (χ1v) is 8.23. The highest BCUT2D eigenvalue weighted by molar-refractivity contribution is 9.10. The number of piperidine rings is 1. The topological polar surface area (TPSA) is 63.4 Å². The van der Waals surface area contributed by atoms with E-state index in [1.807, 2.05) is 0 Å². The van der Waals surface area contributed by atoms with Crippen molar-refractivity contribution in [3.8, 4) is 0 Å². The number of halogens is 3. The average Bonchev–Trinajstić information content (AvgIpc) is 2.28. The number of nitrogens with two attached hydrogens (primary N) is 1. The van der Waals surface area contributed by atoms with Crippen LogP contribution in [0.5, 0.6) is 0 Å². The van der Waals surface area contributed by atoms with Crippen LogP contribution in [0.25, 0.3) is 0 Å². The molecule has 0 spiro atoms. The number of benzene rings is 1. The fourth-order valence-electron chi connectivity index (χ4n) is 2.02. The Kier molecular flexibility index (Phi) is 6.10. The molecule has 1 saturated heterocycles. The summed E-state index contributed by atoms with van der Waals surface area (Å²) in [4.78, 5) is 0.140. The molecule has 0 unspecified atom stereocenters. The molecule has 1 fully saturated rings. The van der Waals surface area contributed by atoms with E-state index in [0.29, 0.717) is 13.1 Å². The van der Waals surface area contributed by atoms with Gasteiger partial charge in [-0.25, -0.2) is 8.42 Å². The molecule has 0 bridgehead atoms. The molecule has 0 aromatic heterocycles. The van der Waals surface area contributed by atoms with Gasteiger partial charge in [-0.15, -0.1) is 12.4 Å². The lowest BCUT2D eigenvalue weighted by Crippen LogP contribution is -2.45. The second kappa shape index (κ2) is 6.74. The van der Waals surface area contributed by atoms with E-state index in [9.17, 15) is 8.42 Å². The number of hydrogen-bond donors (Lipinski definition) is 1. The summed E-state index contributed by atoms with van der Waals surface area (Å²) >= 11 is 9.26. The molecule has 0 amide bonds. The van der Waals surface area contributed by atoms with Gasteiger partial charge >= 0.3 is 0 Å². The van der Waals surface area contributed by atoms with Gasteiger partial charge in [-0.2, -0.15) is 4.31 Å². The molecular formula is C11H15BrCl2N2O2S. The predicted octanol–water partition coefficient (Wildman–Crippen LogP) is 2.64. The Hall–Kier alpha value is 0.150. The van der Waals surface area contributed by atoms with Crippen LogP contribution in [0.2, 0.25) is 5.02 Å². The van der Waals surface area contributed by atoms with Crippen molar-refractivity contribution in [2.45, 2.75) is 23.8 Å². The molecule has 1 atom stereocenters. The zero-order chi connectivity index (χ0) is 13.3. The van der Waals surface area contributed by atoms with Gasteiger partial charge < -0.3 is 5.73 Å². The molecular weight excluding hydrogens is 375 g/mol. The van der Waals surface area contributed by atoms with Gasteiger partial charge in [0.15, 0.2) is 0 Å². The first kappa shape index (κ1) is 17.2. The van der Waals surface area contributed by atoms with Crippen LogP contribution in [0.3, 0.4) is 0 Å². The highest BCUT2D eigenvalue weighted by atomic mass is 79.9. The van der Waals surface area contributed by atoms with Crippen LogP contribution >= 0.6 is 39.9 Å². The summed E-state index contributed by atoms with van der Waals surface area (Å²) in [6.45, 7) is 0.858. The molecule has 1 aromatic carbocycles. The third kappa shape index (κ3) is 3.83. The predicted molar refractivity (Wildman–Crippen MR) is 82.4 cm³/mol. The summed E-state index contributed by atoms with van der Waals surface area (Å²) in [5.41, 5.74) is 5.82. The molecule has 19 heavy (non-hydrogen) atoms. The van der Waals surface area contributed by atoms with Crippen molar-refractivity contribution in [3.05, 3.63) is 27.7 Å². The van der Waals surface area contributed by atoms with Gasteiger partial charge in [-0.05, 0) is 31.0 Å². The van der Waals surface area contributed by atoms with E-state index < -0.39 is 10.0 Å². The van der Waals surface area contributed by atoms with Crippen LogP contribution < -0.4 is 5.73 Å². The van der Waals surface area contributed by atoms with Crippen molar-refractivity contribution in [1.29, 1.82) is 0 Å². The average molecular weight is 390 g/mol. The number of sulfonamides is 1. The Labute approximate surface area is 132 Å². The fourth-order valence-corrected chi connectivity index (χ4v) is 4.56. The molecule has 0 radical (unpaired) electrons. The summed E-state index contributed by atoms with van der Waals surface area (Å²) in [7, 11) is -3.54. The van der Waals surface area contributed by atoms with Gasteiger partial charge in [0.05, 0.1) is 5.02 Å². The lowest BCUT2D eigenvalue weighted by Gasteiger charge is -2.30. The molecule has 1 aliphatic rings. The summed E-state index contributed by atoms with van der Waals surface area (Å²) < 4.78 is 27.0. The highest BCUT2D eigenvalue weighted by Crippen LogP contribution is 2.28. The lowest BCUT2D eigenvalue weighted by molar-refractivity contribution is 0.316. The fraction of sp³-hybridized carbons (Fsp3) is 0.455. The zero-order valence-electron chi connectivity index (χ0n) is 10.1. The van der Waals surface area contributed by atoms with Gasteiger partial charge in [0.1, 0.15) is 4.90 Å². The minimum Gasteiger partial charge on any atom is -0.327 e. The monoisotopic (exact) mass is 388 g/mol. The highest BCUT2D eigenvalue weighted by Gasteiger charge is 2.30. The second-order valence-electron chi connectivity index (χ2n) is 4.34. The lowest BCUT2D eigenvalue weighted by atomic mass is 10.1. The van der Waals surface area contributed by atoms with E-state index in [-0.39, 0.29) is 28.4 Å². The SMILES string of the molecule is Cl.N[C@@H]1CCCN(S(=O)(=O)c2ccc(Br)cc2Cl)C1. The molecule has 4 nitrogen and oxygen atoms in total. The zero-order valence-corrected chi connectivity index (χ0v) is 14.0. The van der Waals surface area contributed by atoms with Crippen molar-refractivity contribution in [2.24, 2.45) is 5.73 Å². The first-order valence-electron chi connectivity index (χ1n) is 5.62. The van der Waals surface area contributed by atoms with Crippen molar-refractivity contribution >= 4 is 50.0 Å². The maximum atomic E-state index is 12.4. The molecule has 108 valence electrons. The quantitative estimate of drug-likeness (QED) is 0.845. The Bertz CT molecular complexity index is 554. The summed E-state index contributed by atoms with van der Waals surface area (Å²) in [5, 5.41) is 0.225. The smallest absolute Gasteiger partial charge is 0.244 e. The van der Waals surface area contributed by atoms with Gasteiger partial charge in [0.25, 0.3) is 0 Å². The molecule has 2 rings (SSSR count). The molecule has 2 N–H and O–H groups in total. The standard InChI is InChI=1S/C11H14BrClN2O2S.ClH/c12-8-3-4-11(10(13)6-8)18(16,17)15-5-1-2-9(14)7-15;/h3-4,6,9H,1-2,5,7,14H2;1H/t9-;/m1./s1. The van der Waals surface area contributed by atoms with Gasteiger partial charge in [-0.1, -0.05) is 27.5 Å². The van der Waals surface area contributed by atoms with Gasteiger partial charge in [0, 0.05) is 23.6 Å². The molecule has 0 aliphatic carbocycles. The number of nitrogens with zero attached hydrogens (tertiary/aromatic N) is 1. The summed E-state index contributed by atoms with van der Waals surface area (Å²) in [5.74, 6) is 0. The van der Waals surface area contributed by atoms with Gasteiger partial charge in [-0.3, -0.25) is 0 Å². The largest absolute Gasteiger partial charge is 0.327 e. The van der Waals surface area contributed by atoms with E-state index in [4.69, 9.17) is 17.3 Å². The minimum atomic E-state index is -3.54. The van der Waals surface area contributed by atoms with Crippen LogP contribution in [0, 0.1) is 0 Å². The van der Waals surface area contributed by atoms with Crippen molar-refractivity contribution in [2.75, 3.05) is 13.1 Å². The Morgan fingerprint density at radius 1 is 1.42 bits per heavy atom. The molecule has 0 saturated carbocycles. The maximum Gasteiger partial charge on any atom is 0.244 e. The van der Waals surface area contributed by atoms with E-state index in [2.05, 4.69) is 15.9 Å². The van der Waals surface area contributed by atoms with Crippen LogP contribution in [-0.4, -0.2) is 31.9 Å². The van der Waals surface area contributed by atoms with Crippen molar-refractivity contribution < 1.29 is 8.42 Å². The van der Waals surface area contributed by atoms with Crippen LogP contribution in [0.4, 0.5) is 0 Å². The summed E-state index contributed by atoms with van der Waals surface area (Å²) in [6, 6.07) is 4.67.